The molecule has 18 heavy (non-hydrogen) atoms. The lowest BCUT2D eigenvalue weighted by Gasteiger charge is -2.05. The zero-order valence-corrected chi connectivity index (χ0v) is 12.1. The first-order valence-electron chi connectivity index (χ1n) is 5.42. The van der Waals surface area contributed by atoms with Gasteiger partial charge in [-0.2, -0.15) is 0 Å². The van der Waals surface area contributed by atoms with Gasteiger partial charge in [-0.15, -0.1) is 11.3 Å². The van der Waals surface area contributed by atoms with Gasteiger partial charge in [0.1, 0.15) is 12.4 Å². The number of nitrogens with two attached hydrogens (primary N) is 1. The summed E-state index contributed by atoms with van der Waals surface area (Å²) >= 11 is 5.09. The van der Waals surface area contributed by atoms with Crippen LogP contribution >= 0.6 is 27.3 Å². The van der Waals surface area contributed by atoms with E-state index in [-0.39, 0.29) is 5.84 Å². The van der Waals surface area contributed by atoms with E-state index < -0.39 is 0 Å². The van der Waals surface area contributed by atoms with Crippen LogP contribution in [-0.2, 0) is 13.0 Å². The molecule has 5 heteroatoms. The topological polar surface area (TPSA) is 59.1 Å². The molecule has 94 valence electrons. The van der Waals surface area contributed by atoms with Crippen molar-refractivity contribution < 1.29 is 4.74 Å². The second-order valence-electron chi connectivity index (χ2n) is 3.84. The highest BCUT2D eigenvalue weighted by molar-refractivity contribution is 9.11. The molecule has 0 saturated heterocycles. The molecule has 2 aromatic rings. The summed E-state index contributed by atoms with van der Waals surface area (Å²) in [5, 5.41) is 7.22. The number of hydrogen-bond donors (Lipinski definition) is 2. The van der Waals surface area contributed by atoms with Crippen molar-refractivity contribution >= 4 is 33.1 Å². The molecule has 1 heterocycles. The molecule has 0 atom stereocenters. The Balaban J connectivity index is 1.92. The Labute approximate surface area is 118 Å². The molecule has 0 amide bonds. The maximum absolute atomic E-state index is 7.22. The highest BCUT2D eigenvalue weighted by Crippen LogP contribution is 2.23. The maximum Gasteiger partial charge on any atom is 0.122 e. The van der Waals surface area contributed by atoms with E-state index in [4.69, 9.17) is 15.9 Å². The van der Waals surface area contributed by atoms with E-state index in [1.165, 1.54) is 4.88 Å². The highest BCUT2D eigenvalue weighted by atomic mass is 79.9. The second-order valence-corrected chi connectivity index (χ2v) is 6.39. The van der Waals surface area contributed by atoms with Gasteiger partial charge in [-0.25, -0.2) is 0 Å². The summed E-state index contributed by atoms with van der Waals surface area (Å²) in [5.74, 6) is 0.999. The quantitative estimate of drug-likeness (QED) is 0.652. The van der Waals surface area contributed by atoms with Gasteiger partial charge in [0, 0.05) is 11.3 Å². The third kappa shape index (κ3) is 3.85. The van der Waals surface area contributed by atoms with E-state index in [9.17, 15) is 0 Å². The van der Waals surface area contributed by atoms with Gasteiger partial charge in [-0.3, -0.25) is 5.41 Å². The number of thiophene rings is 1. The van der Waals surface area contributed by atoms with Crippen LogP contribution in [0.5, 0.6) is 5.75 Å². The fourth-order valence-corrected chi connectivity index (χ4v) is 2.90. The van der Waals surface area contributed by atoms with Crippen LogP contribution in [-0.4, -0.2) is 5.84 Å². The predicted molar refractivity (Wildman–Crippen MR) is 78.4 cm³/mol. The van der Waals surface area contributed by atoms with Crippen molar-refractivity contribution in [3.63, 3.8) is 0 Å². The molecule has 2 rings (SSSR count). The first-order valence-corrected chi connectivity index (χ1v) is 7.03. The third-order valence-corrected chi connectivity index (χ3v) is 3.93. The first-order chi connectivity index (χ1) is 8.63. The Morgan fingerprint density at radius 1 is 1.22 bits per heavy atom. The average molecular weight is 325 g/mol. The van der Waals surface area contributed by atoms with Crippen LogP contribution in [0.2, 0.25) is 0 Å². The number of benzene rings is 1. The van der Waals surface area contributed by atoms with Gasteiger partial charge in [-0.1, -0.05) is 12.1 Å². The van der Waals surface area contributed by atoms with Crippen LogP contribution in [0.4, 0.5) is 0 Å². The van der Waals surface area contributed by atoms with Crippen LogP contribution in [0.3, 0.4) is 0 Å². The van der Waals surface area contributed by atoms with Crippen LogP contribution in [0.15, 0.2) is 40.2 Å². The third-order valence-electron chi connectivity index (χ3n) is 2.33. The molecule has 0 bridgehead atoms. The molecule has 0 saturated carbocycles. The lowest BCUT2D eigenvalue weighted by molar-refractivity contribution is 0.310. The Hall–Kier alpha value is -1.33. The zero-order chi connectivity index (χ0) is 13.0. The number of hydrogen-bond acceptors (Lipinski definition) is 3. The van der Waals surface area contributed by atoms with Crippen LogP contribution < -0.4 is 10.5 Å². The molecule has 0 aliphatic carbocycles. The van der Waals surface area contributed by atoms with Crippen molar-refractivity contribution in [1.29, 1.82) is 5.41 Å². The number of nitrogens with one attached hydrogen (secondary N) is 1. The summed E-state index contributed by atoms with van der Waals surface area (Å²) in [4.78, 5) is 1.18. The number of rotatable bonds is 5. The minimum atomic E-state index is 0.173. The van der Waals surface area contributed by atoms with E-state index in [1.807, 2.05) is 36.4 Å². The van der Waals surface area contributed by atoms with E-state index in [1.54, 1.807) is 11.3 Å². The summed E-state index contributed by atoms with van der Waals surface area (Å²) in [6.45, 7) is 0.572. The summed E-state index contributed by atoms with van der Waals surface area (Å²) in [6.07, 6.45) is 0.484. The number of halogens is 1. The van der Waals surface area contributed by atoms with Crippen molar-refractivity contribution in [3.8, 4) is 5.75 Å². The van der Waals surface area contributed by atoms with Crippen molar-refractivity contribution in [1.82, 2.24) is 0 Å². The van der Waals surface area contributed by atoms with Crippen molar-refractivity contribution in [2.75, 3.05) is 0 Å². The van der Waals surface area contributed by atoms with Gasteiger partial charge >= 0.3 is 0 Å². The molecule has 0 aliphatic rings. The minimum Gasteiger partial charge on any atom is -0.488 e. The molecule has 1 aromatic carbocycles. The molecule has 0 aliphatic heterocycles. The van der Waals surface area contributed by atoms with Gasteiger partial charge in [-0.05, 0) is 45.8 Å². The van der Waals surface area contributed by atoms with Gasteiger partial charge in [0.15, 0.2) is 0 Å². The average Bonchev–Trinajstić information content (AvgIpc) is 2.74. The molecule has 3 nitrogen and oxygen atoms in total. The standard InChI is InChI=1S/C13H13BrN2OS/c14-12-6-5-11(18-12)8-17-10-3-1-9(2-4-10)7-13(15)16/h1-6H,7-8H2,(H3,15,16). The van der Waals surface area contributed by atoms with Gasteiger partial charge < -0.3 is 10.5 Å². The predicted octanol–water partition coefficient (Wildman–Crippen LogP) is 3.57. The molecule has 0 fully saturated rings. The van der Waals surface area contributed by atoms with Gasteiger partial charge in [0.25, 0.3) is 0 Å². The van der Waals surface area contributed by atoms with Crippen LogP contribution in [0, 0.1) is 5.41 Å². The molecule has 0 unspecified atom stereocenters. The van der Waals surface area contributed by atoms with Gasteiger partial charge in [0.05, 0.1) is 9.62 Å². The van der Waals surface area contributed by atoms with Crippen molar-refractivity contribution in [2.45, 2.75) is 13.0 Å². The Morgan fingerprint density at radius 2 is 1.94 bits per heavy atom. The summed E-state index contributed by atoms with van der Waals surface area (Å²) < 4.78 is 6.78. The Bertz CT molecular complexity index is 536. The van der Waals surface area contributed by atoms with Crippen molar-refractivity contribution in [3.05, 3.63) is 50.6 Å². The SMILES string of the molecule is N=C(N)Cc1ccc(OCc2ccc(Br)s2)cc1. The Morgan fingerprint density at radius 3 is 2.50 bits per heavy atom. The number of ether oxygens (including phenoxy) is 1. The van der Waals surface area contributed by atoms with E-state index in [2.05, 4.69) is 15.9 Å². The molecule has 1 aromatic heterocycles. The Kier molecular flexibility index (Phi) is 4.38. The zero-order valence-electron chi connectivity index (χ0n) is 9.65. The summed E-state index contributed by atoms with van der Waals surface area (Å²) in [6, 6.07) is 11.7. The van der Waals surface area contributed by atoms with Crippen LogP contribution in [0.25, 0.3) is 0 Å². The lowest BCUT2D eigenvalue weighted by atomic mass is 10.1. The number of amidine groups is 1. The fraction of sp³-hybridized carbons (Fsp3) is 0.154. The summed E-state index contributed by atoms with van der Waals surface area (Å²) in [7, 11) is 0. The molecular weight excluding hydrogens is 312 g/mol. The lowest BCUT2D eigenvalue weighted by Crippen LogP contribution is -2.12. The van der Waals surface area contributed by atoms with Crippen LogP contribution in [0.1, 0.15) is 10.4 Å². The largest absolute Gasteiger partial charge is 0.488 e. The van der Waals surface area contributed by atoms with Gasteiger partial charge in [0.2, 0.25) is 0 Å². The van der Waals surface area contributed by atoms with Crippen molar-refractivity contribution in [2.24, 2.45) is 5.73 Å². The van der Waals surface area contributed by atoms with E-state index in [0.717, 1.165) is 15.1 Å². The normalized spacial score (nSPS) is 10.3. The van der Waals surface area contributed by atoms with E-state index >= 15 is 0 Å². The first kappa shape index (κ1) is 13.1. The second kappa shape index (κ2) is 6.02. The van der Waals surface area contributed by atoms with E-state index in [0.29, 0.717) is 13.0 Å². The maximum atomic E-state index is 7.22. The summed E-state index contributed by atoms with van der Waals surface area (Å²) in [5.41, 5.74) is 6.37. The molecule has 0 radical (unpaired) electrons. The molecular formula is C13H13BrN2OS. The smallest absolute Gasteiger partial charge is 0.122 e. The molecule has 0 spiro atoms. The molecule has 3 N–H and O–H groups in total. The fourth-order valence-electron chi connectivity index (χ4n) is 1.51. The highest BCUT2D eigenvalue weighted by Gasteiger charge is 2.00. The monoisotopic (exact) mass is 324 g/mol. The minimum absolute atomic E-state index is 0.173.